The zero-order valence-electron chi connectivity index (χ0n) is 17.7. The summed E-state index contributed by atoms with van der Waals surface area (Å²) in [7, 11) is 0. The number of nitro groups is 1. The number of halogens is 6. The van der Waals surface area contributed by atoms with Gasteiger partial charge in [-0.25, -0.2) is 4.79 Å². The molecule has 2 N–H and O–H groups in total. The molecule has 3 rings (SSSR count). The van der Waals surface area contributed by atoms with Crippen molar-refractivity contribution in [2.24, 2.45) is 0 Å². The minimum absolute atomic E-state index is 0.129. The highest BCUT2D eigenvalue weighted by Gasteiger charge is 2.37. The van der Waals surface area contributed by atoms with E-state index in [0.717, 1.165) is 30.5 Å². The van der Waals surface area contributed by atoms with Gasteiger partial charge in [0.2, 0.25) is 0 Å². The molecule has 1 heterocycles. The molecule has 13 heteroatoms. The lowest BCUT2D eigenvalue weighted by molar-refractivity contribution is -0.383. The monoisotopic (exact) mass is 498 g/mol. The van der Waals surface area contributed by atoms with Gasteiger partial charge in [0.1, 0.15) is 5.69 Å². The van der Waals surface area contributed by atoms with Crippen LogP contribution >= 0.6 is 0 Å². The van der Waals surface area contributed by atoms with Crippen molar-refractivity contribution >= 4 is 17.4 Å². The molecule has 1 atom stereocenters. The number of nitro benzene ring substituents is 1. The molecular formula is C22H16F6N4O3. The quantitative estimate of drug-likeness (QED) is 0.247. The van der Waals surface area contributed by atoms with Crippen LogP contribution in [0.5, 0.6) is 0 Å². The number of alkyl halides is 6. The first kappa shape index (κ1) is 25.5. The normalized spacial score (nSPS) is 12.7. The van der Waals surface area contributed by atoms with Crippen LogP contribution in [-0.4, -0.2) is 15.9 Å². The third-order valence-electron chi connectivity index (χ3n) is 4.86. The lowest BCUT2D eigenvalue weighted by atomic mass is 9.98. The highest BCUT2D eigenvalue weighted by molar-refractivity contribution is 5.92. The number of hydrogen-bond acceptors (Lipinski definition) is 4. The summed E-state index contributed by atoms with van der Waals surface area (Å²) in [5.41, 5.74) is -3.20. The van der Waals surface area contributed by atoms with Crippen LogP contribution in [-0.2, 0) is 12.4 Å². The Morgan fingerprint density at radius 2 is 1.66 bits per heavy atom. The second-order valence-electron chi connectivity index (χ2n) is 7.36. The number of rotatable bonds is 5. The summed E-state index contributed by atoms with van der Waals surface area (Å²) in [6, 6.07) is 5.95. The van der Waals surface area contributed by atoms with Gasteiger partial charge in [-0.2, -0.15) is 26.3 Å². The van der Waals surface area contributed by atoms with Gasteiger partial charge in [-0.15, -0.1) is 0 Å². The molecule has 0 bridgehead atoms. The standard InChI is InChI=1S/C22H16F6N4O3/c1-12-4-9-17(32(34)35)16(11-12)30-20(33)31-18(13-5-7-14(8-6-13)21(23,24)25)19-15(22(26,27)28)3-2-10-29-19/h2-11,18H,1H3,(H2,30,31,33)/t18-/m0/s1. The highest BCUT2D eigenvalue weighted by atomic mass is 19.4. The van der Waals surface area contributed by atoms with Crippen LogP contribution in [0.1, 0.15) is 34.0 Å². The van der Waals surface area contributed by atoms with Gasteiger partial charge in [0.05, 0.1) is 27.8 Å². The molecule has 0 saturated heterocycles. The van der Waals surface area contributed by atoms with E-state index in [2.05, 4.69) is 15.6 Å². The number of aryl methyl sites for hydroxylation is 1. The molecule has 0 aliphatic carbocycles. The molecule has 0 radical (unpaired) electrons. The Morgan fingerprint density at radius 3 is 2.23 bits per heavy atom. The van der Waals surface area contributed by atoms with E-state index in [4.69, 9.17) is 0 Å². The second kappa shape index (κ2) is 9.60. The molecule has 0 fully saturated rings. The number of benzene rings is 2. The van der Waals surface area contributed by atoms with Crippen molar-refractivity contribution in [2.75, 3.05) is 5.32 Å². The summed E-state index contributed by atoms with van der Waals surface area (Å²) < 4.78 is 79.7. The average molecular weight is 498 g/mol. The molecule has 2 amide bonds. The van der Waals surface area contributed by atoms with Gasteiger partial charge < -0.3 is 10.6 Å². The molecule has 35 heavy (non-hydrogen) atoms. The number of urea groups is 1. The lowest BCUT2D eigenvalue weighted by Crippen LogP contribution is -2.35. The molecule has 7 nitrogen and oxygen atoms in total. The van der Waals surface area contributed by atoms with E-state index in [1.807, 2.05) is 0 Å². The van der Waals surface area contributed by atoms with Crippen LogP contribution in [0.25, 0.3) is 0 Å². The Balaban J connectivity index is 2.03. The summed E-state index contributed by atoms with van der Waals surface area (Å²) in [6.45, 7) is 1.60. The Bertz CT molecular complexity index is 1240. The van der Waals surface area contributed by atoms with Crippen LogP contribution in [0.4, 0.5) is 42.5 Å². The maximum Gasteiger partial charge on any atom is 0.418 e. The molecule has 1 aromatic heterocycles. The number of carbonyl (C=O) groups is 1. The molecule has 2 aromatic carbocycles. The van der Waals surface area contributed by atoms with Crippen molar-refractivity contribution in [3.63, 3.8) is 0 Å². The highest BCUT2D eigenvalue weighted by Crippen LogP contribution is 2.36. The molecule has 184 valence electrons. The van der Waals surface area contributed by atoms with Gasteiger partial charge in [-0.1, -0.05) is 18.2 Å². The SMILES string of the molecule is Cc1ccc([N+](=O)[O-])c(NC(=O)N[C@@H](c2ccc(C(F)(F)F)cc2)c2ncccc2C(F)(F)F)c1. The topological polar surface area (TPSA) is 97.2 Å². The second-order valence-corrected chi connectivity index (χ2v) is 7.36. The van der Waals surface area contributed by atoms with E-state index in [9.17, 15) is 41.3 Å². The van der Waals surface area contributed by atoms with E-state index >= 15 is 0 Å². The number of aromatic nitrogens is 1. The Morgan fingerprint density at radius 1 is 1.00 bits per heavy atom. The van der Waals surface area contributed by atoms with Gasteiger partial charge in [0, 0.05) is 12.3 Å². The van der Waals surface area contributed by atoms with Crippen LogP contribution in [0.3, 0.4) is 0 Å². The third kappa shape index (κ3) is 6.05. The van der Waals surface area contributed by atoms with Crippen molar-refractivity contribution in [2.45, 2.75) is 25.3 Å². The number of hydrogen-bond donors (Lipinski definition) is 2. The van der Waals surface area contributed by atoms with E-state index < -0.39 is 51.9 Å². The molecule has 0 aliphatic rings. The van der Waals surface area contributed by atoms with Crippen molar-refractivity contribution in [3.8, 4) is 0 Å². The number of pyridine rings is 1. The average Bonchev–Trinajstić information content (AvgIpc) is 2.76. The molecule has 0 saturated carbocycles. The van der Waals surface area contributed by atoms with E-state index in [-0.39, 0.29) is 11.3 Å². The number of amides is 2. The first-order chi connectivity index (χ1) is 16.3. The van der Waals surface area contributed by atoms with Crippen molar-refractivity contribution in [3.05, 3.63) is 98.9 Å². The molecule has 0 spiro atoms. The van der Waals surface area contributed by atoms with Crippen LogP contribution in [0.2, 0.25) is 0 Å². The van der Waals surface area contributed by atoms with Gasteiger partial charge in [0.25, 0.3) is 5.69 Å². The molecular weight excluding hydrogens is 482 g/mol. The fourth-order valence-electron chi connectivity index (χ4n) is 3.26. The van der Waals surface area contributed by atoms with Crippen LogP contribution in [0, 0.1) is 17.0 Å². The Labute approximate surface area is 193 Å². The summed E-state index contributed by atoms with van der Waals surface area (Å²) in [5, 5.41) is 15.7. The number of anilines is 1. The zero-order chi connectivity index (χ0) is 26.0. The smallest absolute Gasteiger partial charge is 0.325 e. The Kier molecular flexibility index (Phi) is 6.99. The van der Waals surface area contributed by atoms with Gasteiger partial charge >= 0.3 is 18.4 Å². The summed E-state index contributed by atoms with van der Waals surface area (Å²) >= 11 is 0. The predicted molar refractivity (Wildman–Crippen MR) is 113 cm³/mol. The fraction of sp³-hybridized carbons (Fsp3) is 0.182. The van der Waals surface area contributed by atoms with Crippen molar-refractivity contribution < 1.29 is 36.1 Å². The third-order valence-corrected chi connectivity index (χ3v) is 4.86. The largest absolute Gasteiger partial charge is 0.418 e. The summed E-state index contributed by atoms with van der Waals surface area (Å²) in [4.78, 5) is 26.9. The van der Waals surface area contributed by atoms with Gasteiger partial charge in [-0.05, 0) is 48.4 Å². The molecule has 0 aliphatic heterocycles. The minimum Gasteiger partial charge on any atom is -0.325 e. The maximum absolute atomic E-state index is 13.6. The molecule has 0 unspecified atom stereocenters. The number of carbonyl (C=O) groups excluding carboxylic acids is 1. The molecule has 3 aromatic rings. The van der Waals surface area contributed by atoms with E-state index in [0.29, 0.717) is 23.8 Å². The lowest BCUT2D eigenvalue weighted by Gasteiger charge is -2.23. The van der Waals surface area contributed by atoms with E-state index in [1.165, 1.54) is 12.1 Å². The first-order valence-electron chi connectivity index (χ1n) is 9.79. The van der Waals surface area contributed by atoms with Crippen LogP contribution in [0.15, 0.2) is 60.8 Å². The van der Waals surface area contributed by atoms with E-state index in [1.54, 1.807) is 6.92 Å². The number of nitrogens with one attached hydrogen (secondary N) is 2. The fourth-order valence-corrected chi connectivity index (χ4v) is 3.26. The van der Waals surface area contributed by atoms with Crippen LogP contribution < -0.4 is 10.6 Å². The number of nitrogens with zero attached hydrogens (tertiary/aromatic N) is 2. The van der Waals surface area contributed by atoms with Gasteiger partial charge in [-0.3, -0.25) is 15.1 Å². The minimum atomic E-state index is -4.89. The zero-order valence-corrected chi connectivity index (χ0v) is 17.7. The van der Waals surface area contributed by atoms with Crippen molar-refractivity contribution in [1.82, 2.24) is 10.3 Å². The Hall–Kier alpha value is -4.16. The first-order valence-corrected chi connectivity index (χ1v) is 9.79. The van der Waals surface area contributed by atoms with Crippen molar-refractivity contribution in [1.29, 1.82) is 0 Å². The maximum atomic E-state index is 13.6. The van der Waals surface area contributed by atoms with Gasteiger partial charge in [0.15, 0.2) is 0 Å². The predicted octanol–water partition coefficient (Wildman–Crippen LogP) is 6.25. The summed E-state index contributed by atoms with van der Waals surface area (Å²) in [6.07, 6.45) is -8.54. The summed E-state index contributed by atoms with van der Waals surface area (Å²) in [5.74, 6) is 0.